The van der Waals surface area contributed by atoms with E-state index in [1.165, 1.54) is 0 Å². The van der Waals surface area contributed by atoms with E-state index < -0.39 is 0 Å². The summed E-state index contributed by atoms with van der Waals surface area (Å²) in [6.07, 6.45) is 3.99. The molecule has 2 aromatic carbocycles. The number of ether oxygens (including phenoxy) is 1. The maximum absolute atomic E-state index is 13.4. The minimum atomic E-state index is -0.207. The van der Waals surface area contributed by atoms with Crippen molar-refractivity contribution in [1.82, 2.24) is 15.0 Å². The van der Waals surface area contributed by atoms with Gasteiger partial charge in [-0.25, -0.2) is 5.01 Å². The summed E-state index contributed by atoms with van der Waals surface area (Å²) in [5.41, 5.74) is 5.13. The van der Waals surface area contributed by atoms with Gasteiger partial charge < -0.3 is 4.74 Å². The molecule has 7 heteroatoms. The van der Waals surface area contributed by atoms with Crippen molar-refractivity contribution in [3.8, 4) is 5.75 Å². The van der Waals surface area contributed by atoms with Crippen LogP contribution in [0.3, 0.4) is 0 Å². The van der Waals surface area contributed by atoms with Crippen LogP contribution in [0.1, 0.15) is 33.9 Å². The number of fused-ring (bicyclic) bond motifs is 1. The van der Waals surface area contributed by atoms with Gasteiger partial charge in [0.05, 0.1) is 29.9 Å². The van der Waals surface area contributed by atoms with E-state index in [9.17, 15) is 4.79 Å². The minimum Gasteiger partial charge on any atom is -0.497 e. The summed E-state index contributed by atoms with van der Waals surface area (Å²) in [6, 6.07) is 14.9. The Morgan fingerprint density at radius 1 is 1.07 bits per heavy atom. The van der Waals surface area contributed by atoms with Gasteiger partial charge in [-0.15, -0.1) is 0 Å². The van der Waals surface area contributed by atoms with Crippen molar-refractivity contribution in [2.75, 3.05) is 7.11 Å². The van der Waals surface area contributed by atoms with Crippen molar-refractivity contribution in [3.05, 3.63) is 88.4 Å². The van der Waals surface area contributed by atoms with Crippen LogP contribution in [0.4, 0.5) is 0 Å². The van der Waals surface area contributed by atoms with Gasteiger partial charge in [-0.1, -0.05) is 6.07 Å². The zero-order valence-electron chi connectivity index (χ0n) is 16.2. The molecule has 2 aromatic heterocycles. The predicted octanol–water partition coefficient (Wildman–Crippen LogP) is 4.69. The molecule has 1 atom stereocenters. The van der Waals surface area contributed by atoms with E-state index in [1.54, 1.807) is 60.1 Å². The van der Waals surface area contributed by atoms with E-state index in [0.717, 1.165) is 27.9 Å². The van der Waals surface area contributed by atoms with E-state index >= 15 is 0 Å². The van der Waals surface area contributed by atoms with Crippen molar-refractivity contribution < 1.29 is 9.53 Å². The van der Waals surface area contributed by atoms with Crippen molar-refractivity contribution >= 4 is 34.0 Å². The highest BCUT2D eigenvalue weighted by Crippen LogP contribution is 2.35. The van der Waals surface area contributed by atoms with Crippen LogP contribution < -0.4 is 4.74 Å². The Kier molecular flexibility index (Phi) is 4.72. The molecule has 0 bridgehead atoms. The first-order valence-electron chi connectivity index (χ1n) is 9.51. The Balaban J connectivity index is 1.54. The molecular formula is C23H18N4O2S. The Hall–Kier alpha value is -3.58. The number of methoxy groups -OCH3 is 1. The van der Waals surface area contributed by atoms with Crippen LogP contribution >= 0.6 is 11.3 Å². The number of amides is 1. The quantitative estimate of drug-likeness (QED) is 0.486. The molecule has 6 nitrogen and oxygen atoms in total. The second-order valence-electron chi connectivity index (χ2n) is 6.96. The second-order valence-corrected chi connectivity index (χ2v) is 7.74. The second kappa shape index (κ2) is 7.68. The summed E-state index contributed by atoms with van der Waals surface area (Å²) in [4.78, 5) is 22.1. The number of hydrogen-bond donors (Lipinski definition) is 0. The lowest BCUT2D eigenvalue weighted by molar-refractivity contribution is 0.0711. The number of benzene rings is 2. The van der Waals surface area contributed by atoms with Gasteiger partial charge in [0.1, 0.15) is 5.75 Å². The molecule has 0 unspecified atom stereocenters. The average molecular weight is 414 g/mol. The third-order valence-electron chi connectivity index (χ3n) is 5.19. The van der Waals surface area contributed by atoms with Crippen LogP contribution in [0.15, 0.2) is 76.8 Å². The lowest BCUT2D eigenvalue weighted by Gasteiger charge is -2.22. The van der Waals surface area contributed by atoms with Crippen molar-refractivity contribution in [3.63, 3.8) is 0 Å². The maximum Gasteiger partial charge on any atom is 0.274 e. The SMILES string of the molecule is COc1ccc(C(=O)N2N=C(c3ccsc3)C[C@@H]2c2ccc3nccnc3c2)cc1. The van der Waals surface area contributed by atoms with Crippen molar-refractivity contribution in [2.24, 2.45) is 5.10 Å². The van der Waals surface area contributed by atoms with Gasteiger partial charge in [-0.2, -0.15) is 16.4 Å². The number of hydrogen-bond acceptors (Lipinski definition) is 6. The van der Waals surface area contributed by atoms with Gasteiger partial charge in [0.25, 0.3) is 5.91 Å². The molecule has 148 valence electrons. The highest BCUT2D eigenvalue weighted by Gasteiger charge is 2.34. The van der Waals surface area contributed by atoms with Gasteiger partial charge in [0.15, 0.2) is 0 Å². The smallest absolute Gasteiger partial charge is 0.274 e. The van der Waals surface area contributed by atoms with Gasteiger partial charge in [0, 0.05) is 29.9 Å². The number of hydrazone groups is 1. The van der Waals surface area contributed by atoms with E-state index in [4.69, 9.17) is 9.84 Å². The molecule has 1 amide bonds. The third-order valence-corrected chi connectivity index (χ3v) is 5.87. The van der Waals surface area contributed by atoms with E-state index in [-0.39, 0.29) is 11.9 Å². The lowest BCUT2D eigenvalue weighted by atomic mass is 9.98. The largest absolute Gasteiger partial charge is 0.497 e. The fourth-order valence-corrected chi connectivity index (χ4v) is 4.28. The van der Waals surface area contributed by atoms with Gasteiger partial charge in [-0.3, -0.25) is 14.8 Å². The molecule has 0 fully saturated rings. The molecule has 0 N–H and O–H groups in total. The molecule has 0 spiro atoms. The number of aromatic nitrogens is 2. The van der Waals surface area contributed by atoms with Crippen LogP contribution in [-0.2, 0) is 0 Å². The van der Waals surface area contributed by atoms with Gasteiger partial charge in [0.2, 0.25) is 0 Å². The maximum atomic E-state index is 13.4. The molecule has 1 aliphatic heterocycles. The van der Waals surface area contributed by atoms with Crippen LogP contribution in [0.2, 0.25) is 0 Å². The molecule has 0 saturated carbocycles. The zero-order valence-corrected chi connectivity index (χ0v) is 17.0. The molecule has 1 aliphatic rings. The first-order valence-corrected chi connectivity index (χ1v) is 10.5. The topological polar surface area (TPSA) is 67.7 Å². The highest BCUT2D eigenvalue weighted by atomic mass is 32.1. The number of thiophene rings is 1. The number of carbonyl (C=O) groups excluding carboxylic acids is 1. The molecule has 30 heavy (non-hydrogen) atoms. The average Bonchev–Trinajstić information content (AvgIpc) is 3.48. The molecule has 0 radical (unpaired) electrons. The summed E-state index contributed by atoms with van der Waals surface area (Å²) in [6.45, 7) is 0. The van der Waals surface area contributed by atoms with Crippen LogP contribution in [-0.4, -0.2) is 33.7 Å². The lowest BCUT2D eigenvalue weighted by Crippen LogP contribution is -2.27. The number of nitrogens with zero attached hydrogens (tertiary/aromatic N) is 4. The molecule has 3 heterocycles. The molecule has 0 saturated heterocycles. The summed E-state index contributed by atoms with van der Waals surface area (Å²) in [5.74, 6) is 0.562. The summed E-state index contributed by atoms with van der Waals surface area (Å²) < 4.78 is 5.21. The van der Waals surface area contributed by atoms with E-state index in [2.05, 4.69) is 15.3 Å². The molecule has 4 aromatic rings. The van der Waals surface area contributed by atoms with Gasteiger partial charge >= 0.3 is 0 Å². The first kappa shape index (κ1) is 18.4. The van der Waals surface area contributed by atoms with Crippen molar-refractivity contribution in [2.45, 2.75) is 12.5 Å². The van der Waals surface area contributed by atoms with Gasteiger partial charge in [-0.05, 0) is 58.8 Å². The fourth-order valence-electron chi connectivity index (χ4n) is 3.61. The van der Waals surface area contributed by atoms with Crippen LogP contribution in [0.25, 0.3) is 11.0 Å². The summed E-state index contributed by atoms with van der Waals surface area (Å²) in [7, 11) is 1.60. The first-order chi connectivity index (χ1) is 14.7. The normalized spacial score (nSPS) is 16.0. The minimum absolute atomic E-state index is 0.146. The monoisotopic (exact) mass is 414 g/mol. The fraction of sp³-hybridized carbons (Fsp3) is 0.130. The standard InChI is InChI=1S/C23H18N4O2S/c1-29-18-5-2-15(3-6-18)23(28)27-22(13-20(26-27)17-8-11-30-14-17)16-4-7-19-21(12-16)25-10-9-24-19/h2-12,14,22H,13H2,1H3/t22-/m1/s1. The summed E-state index contributed by atoms with van der Waals surface area (Å²) in [5, 5.41) is 10.4. The van der Waals surface area contributed by atoms with Crippen molar-refractivity contribution in [1.29, 1.82) is 0 Å². The number of carbonyl (C=O) groups is 1. The van der Waals surface area contributed by atoms with Crippen LogP contribution in [0.5, 0.6) is 5.75 Å². The third kappa shape index (κ3) is 3.33. The summed E-state index contributed by atoms with van der Waals surface area (Å²) >= 11 is 1.62. The van der Waals surface area contributed by atoms with Crippen LogP contribution in [0, 0.1) is 0 Å². The number of rotatable bonds is 4. The molecular weight excluding hydrogens is 396 g/mol. The Bertz CT molecular complexity index is 1240. The predicted molar refractivity (Wildman–Crippen MR) is 117 cm³/mol. The zero-order chi connectivity index (χ0) is 20.5. The van der Waals surface area contributed by atoms with E-state index in [1.807, 2.05) is 29.6 Å². The molecule has 5 rings (SSSR count). The Morgan fingerprint density at radius 2 is 1.87 bits per heavy atom. The Morgan fingerprint density at radius 3 is 2.60 bits per heavy atom. The van der Waals surface area contributed by atoms with E-state index in [0.29, 0.717) is 17.7 Å². The Labute approximate surface area is 177 Å². The highest BCUT2D eigenvalue weighted by molar-refractivity contribution is 7.08. The molecule has 0 aliphatic carbocycles.